The van der Waals surface area contributed by atoms with Gasteiger partial charge in [-0.25, -0.2) is 4.79 Å². The lowest BCUT2D eigenvalue weighted by atomic mass is 9.84. The summed E-state index contributed by atoms with van der Waals surface area (Å²) in [6.07, 6.45) is -6.30. The standard InChI is InChI=1S/C21H29F3N2O5/c1-19(2,3)31-18(27)25-15(7-6-12-20(25,4)5)13-17(21(22,23)24)30-16-10-8-14(9-11-16)26(28)29/h8-11,15,17H,6-7,12-13H2,1-5H3/t15-,17-/m1/s1. The first-order chi connectivity index (χ1) is 14.1. The van der Waals surface area contributed by atoms with Crippen LogP contribution in [0.2, 0.25) is 0 Å². The summed E-state index contributed by atoms with van der Waals surface area (Å²) in [4.78, 5) is 24.4. The number of hydrogen-bond donors (Lipinski definition) is 0. The van der Waals surface area contributed by atoms with E-state index in [1.807, 2.05) is 13.8 Å². The van der Waals surface area contributed by atoms with Crippen molar-refractivity contribution in [3.05, 3.63) is 34.4 Å². The van der Waals surface area contributed by atoms with E-state index in [-0.39, 0.29) is 11.4 Å². The van der Waals surface area contributed by atoms with E-state index in [9.17, 15) is 28.1 Å². The number of rotatable bonds is 5. The Balaban J connectivity index is 2.26. The van der Waals surface area contributed by atoms with Crippen LogP contribution >= 0.6 is 0 Å². The van der Waals surface area contributed by atoms with E-state index < -0.39 is 46.9 Å². The van der Waals surface area contributed by atoms with Gasteiger partial charge in [0.1, 0.15) is 11.4 Å². The number of nitrogens with zero attached hydrogens (tertiary/aromatic N) is 2. The highest BCUT2D eigenvalue weighted by Crippen LogP contribution is 2.38. The fourth-order valence-corrected chi connectivity index (χ4v) is 3.75. The molecule has 0 aromatic heterocycles. The van der Waals surface area contributed by atoms with Gasteiger partial charge in [0, 0.05) is 30.1 Å². The number of halogens is 3. The average Bonchev–Trinajstić information content (AvgIpc) is 2.58. The van der Waals surface area contributed by atoms with E-state index in [0.29, 0.717) is 19.3 Å². The van der Waals surface area contributed by atoms with Crippen LogP contribution in [0.15, 0.2) is 24.3 Å². The molecule has 0 unspecified atom stereocenters. The topological polar surface area (TPSA) is 81.9 Å². The normalized spacial score (nSPS) is 20.1. The molecule has 10 heteroatoms. The molecule has 1 aliphatic heterocycles. The van der Waals surface area contributed by atoms with E-state index >= 15 is 0 Å². The molecule has 0 N–H and O–H groups in total. The summed E-state index contributed by atoms with van der Waals surface area (Å²) in [5.41, 5.74) is -1.70. The molecule has 1 aromatic rings. The highest BCUT2D eigenvalue weighted by molar-refractivity contribution is 5.69. The number of alkyl halides is 3. The quantitative estimate of drug-likeness (QED) is 0.418. The largest absolute Gasteiger partial charge is 0.481 e. The predicted molar refractivity (Wildman–Crippen MR) is 108 cm³/mol. The first-order valence-corrected chi connectivity index (χ1v) is 10.1. The number of nitro benzene ring substituents is 1. The maximum atomic E-state index is 13.8. The van der Waals surface area contributed by atoms with Crippen LogP contribution in [0.1, 0.15) is 60.3 Å². The zero-order valence-electron chi connectivity index (χ0n) is 18.4. The number of carbonyl (C=O) groups is 1. The lowest BCUT2D eigenvalue weighted by molar-refractivity contribution is -0.384. The molecule has 2 atom stereocenters. The predicted octanol–water partition coefficient (Wildman–Crippen LogP) is 5.86. The molecule has 0 bridgehead atoms. The fourth-order valence-electron chi connectivity index (χ4n) is 3.75. The smallest absolute Gasteiger partial charge is 0.425 e. The summed E-state index contributed by atoms with van der Waals surface area (Å²) >= 11 is 0. The summed E-state index contributed by atoms with van der Waals surface area (Å²) in [6, 6.07) is 3.70. The molecule has 174 valence electrons. The van der Waals surface area contributed by atoms with Crippen molar-refractivity contribution in [2.45, 2.75) is 89.8 Å². The number of amides is 1. The minimum atomic E-state index is -4.69. The molecule has 1 saturated heterocycles. The van der Waals surface area contributed by atoms with Crippen molar-refractivity contribution in [2.24, 2.45) is 0 Å². The zero-order valence-corrected chi connectivity index (χ0v) is 18.4. The molecule has 31 heavy (non-hydrogen) atoms. The van der Waals surface area contributed by atoms with Crippen molar-refractivity contribution < 1.29 is 32.4 Å². The van der Waals surface area contributed by atoms with Gasteiger partial charge in [0.15, 0.2) is 6.10 Å². The summed E-state index contributed by atoms with van der Waals surface area (Å²) < 4.78 is 52.0. The summed E-state index contributed by atoms with van der Waals surface area (Å²) in [5, 5.41) is 10.8. The third kappa shape index (κ3) is 6.73. The molecule has 7 nitrogen and oxygen atoms in total. The molecule has 0 aliphatic carbocycles. The van der Waals surface area contributed by atoms with Crippen LogP contribution in [-0.2, 0) is 4.74 Å². The van der Waals surface area contributed by atoms with Gasteiger partial charge in [0.2, 0.25) is 0 Å². The highest BCUT2D eigenvalue weighted by atomic mass is 19.4. The number of ether oxygens (including phenoxy) is 2. The number of non-ortho nitro benzene ring substituents is 1. The SMILES string of the molecule is CC(C)(C)OC(=O)N1[C@@H](C[C@@H](Oc2ccc([N+](=O)[O-])cc2)C(F)(F)F)CCCC1(C)C. The molecule has 0 saturated carbocycles. The van der Waals surface area contributed by atoms with E-state index in [2.05, 4.69) is 0 Å². The van der Waals surface area contributed by atoms with Crippen LogP contribution in [0, 0.1) is 10.1 Å². The lowest BCUT2D eigenvalue weighted by Gasteiger charge is -2.48. The third-order valence-corrected chi connectivity index (χ3v) is 5.11. The maximum Gasteiger partial charge on any atom is 0.425 e. The Labute approximate surface area is 179 Å². The number of nitro groups is 1. The van der Waals surface area contributed by atoms with Crippen LogP contribution < -0.4 is 4.74 Å². The molecule has 1 fully saturated rings. The Morgan fingerprint density at radius 2 is 1.84 bits per heavy atom. The number of likely N-dealkylation sites (tertiary alicyclic amines) is 1. The van der Waals surface area contributed by atoms with E-state index in [1.165, 1.54) is 4.90 Å². The van der Waals surface area contributed by atoms with Gasteiger partial charge in [-0.05, 0) is 66.0 Å². The molecule has 1 aromatic carbocycles. The van der Waals surface area contributed by atoms with Crippen LogP contribution in [0.25, 0.3) is 0 Å². The molecule has 1 amide bonds. The second kappa shape index (κ2) is 8.92. The van der Waals surface area contributed by atoms with Gasteiger partial charge >= 0.3 is 12.3 Å². The van der Waals surface area contributed by atoms with Gasteiger partial charge < -0.3 is 9.47 Å². The summed E-state index contributed by atoms with van der Waals surface area (Å²) in [6.45, 7) is 8.72. The Hall–Kier alpha value is -2.52. The Morgan fingerprint density at radius 1 is 1.26 bits per heavy atom. The Bertz CT molecular complexity index is 788. The molecule has 2 rings (SSSR count). The lowest BCUT2D eigenvalue weighted by Crippen LogP contribution is -2.58. The van der Waals surface area contributed by atoms with Crippen molar-refractivity contribution >= 4 is 11.8 Å². The minimum absolute atomic E-state index is 0.133. The summed E-state index contributed by atoms with van der Waals surface area (Å²) in [5.74, 6) is -0.133. The van der Waals surface area contributed by atoms with Crippen molar-refractivity contribution in [2.75, 3.05) is 0 Å². The maximum absolute atomic E-state index is 13.8. The van der Waals surface area contributed by atoms with Gasteiger partial charge in [-0.2, -0.15) is 13.2 Å². The van der Waals surface area contributed by atoms with Gasteiger partial charge in [-0.1, -0.05) is 0 Å². The van der Waals surface area contributed by atoms with Crippen LogP contribution in [-0.4, -0.2) is 45.4 Å². The highest BCUT2D eigenvalue weighted by Gasteiger charge is 2.48. The molecular weight excluding hydrogens is 417 g/mol. The van der Waals surface area contributed by atoms with Gasteiger partial charge in [0.25, 0.3) is 5.69 Å². The summed E-state index contributed by atoms with van der Waals surface area (Å²) in [7, 11) is 0. The van der Waals surface area contributed by atoms with E-state index in [1.54, 1.807) is 20.8 Å². The first kappa shape index (κ1) is 24.7. The first-order valence-electron chi connectivity index (χ1n) is 10.1. The van der Waals surface area contributed by atoms with Crippen molar-refractivity contribution in [3.63, 3.8) is 0 Å². The molecule has 0 spiro atoms. The van der Waals surface area contributed by atoms with Crippen LogP contribution in [0.5, 0.6) is 5.75 Å². The number of piperidine rings is 1. The minimum Gasteiger partial charge on any atom is -0.481 e. The van der Waals surface area contributed by atoms with E-state index in [4.69, 9.17) is 9.47 Å². The van der Waals surface area contributed by atoms with Gasteiger partial charge in [0.05, 0.1) is 4.92 Å². The third-order valence-electron chi connectivity index (χ3n) is 5.11. The van der Waals surface area contributed by atoms with Gasteiger partial charge in [-0.3, -0.25) is 15.0 Å². The second-order valence-electron chi connectivity index (χ2n) is 9.34. The van der Waals surface area contributed by atoms with E-state index in [0.717, 1.165) is 24.3 Å². The Morgan fingerprint density at radius 3 is 2.32 bits per heavy atom. The zero-order chi connectivity index (χ0) is 23.6. The number of carbonyl (C=O) groups excluding carboxylic acids is 1. The van der Waals surface area contributed by atoms with Crippen LogP contribution in [0.3, 0.4) is 0 Å². The van der Waals surface area contributed by atoms with Gasteiger partial charge in [-0.15, -0.1) is 0 Å². The molecule has 1 aliphatic rings. The van der Waals surface area contributed by atoms with Crippen molar-refractivity contribution in [3.8, 4) is 5.75 Å². The van der Waals surface area contributed by atoms with Crippen molar-refractivity contribution in [1.82, 2.24) is 4.90 Å². The monoisotopic (exact) mass is 446 g/mol. The molecular formula is C21H29F3N2O5. The number of hydrogen-bond acceptors (Lipinski definition) is 5. The van der Waals surface area contributed by atoms with Crippen LogP contribution in [0.4, 0.5) is 23.7 Å². The second-order valence-corrected chi connectivity index (χ2v) is 9.34. The Kier molecular flexibility index (Phi) is 7.12. The molecule has 0 radical (unpaired) electrons. The van der Waals surface area contributed by atoms with Crippen molar-refractivity contribution in [1.29, 1.82) is 0 Å². The molecule has 1 heterocycles. The average molecular weight is 446 g/mol. The fraction of sp³-hybridized carbons (Fsp3) is 0.667. The number of benzene rings is 1.